The Morgan fingerprint density at radius 1 is 1.02 bits per heavy atom. The lowest BCUT2D eigenvalue weighted by atomic mass is 9.83. The number of alkyl carbamates (subject to hydrolysis) is 1. The second-order valence-electron chi connectivity index (χ2n) is 12.7. The van der Waals surface area contributed by atoms with Crippen LogP contribution in [0.15, 0.2) is 90.0 Å². The number of para-hydroxylation sites is 1. The minimum atomic E-state index is -3.81. The van der Waals surface area contributed by atoms with E-state index in [2.05, 4.69) is 16.3 Å². The highest BCUT2D eigenvalue weighted by Gasteiger charge is 2.48. The quantitative estimate of drug-likeness (QED) is 0.277. The molecule has 0 spiro atoms. The zero-order valence-corrected chi connectivity index (χ0v) is 27.4. The first kappa shape index (κ1) is 32.3. The monoisotopic (exact) mass is 653 g/mol. The summed E-state index contributed by atoms with van der Waals surface area (Å²) in [6.07, 6.45) is 1.33. The third-order valence-corrected chi connectivity index (χ3v) is 11.0. The number of aromatic nitrogens is 1. The Morgan fingerprint density at radius 3 is 2.40 bits per heavy atom. The Balaban J connectivity index is 1.14. The van der Waals surface area contributed by atoms with Crippen LogP contribution in [0.1, 0.15) is 42.9 Å². The number of benzene rings is 3. The van der Waals surface area contributed by atoms with Crippen molar-refractivity contribution in [3.63, 3.8) is 0 Å². The summed E-state index contributed by atoms with van der Waals surface area (Å²) >= 11 is 0. The number of carbonyl (C=O) groups excluding carboxylic acids is 2. The van der Waals surface area contributed by atoms with E-state index in [0.717, 1.165) is 22.1 Å². The van der Waals surface area contributed by atoms with Gasteiger partial charge < -0.3 is 15.0 Å². The van der Waals surface area contributed by atoms with Crippen LogP contribution in [-0.2, 0) is 32.6 Å². The van der Waals surface area contributed by atoms with Crippen LogP contribution in [0.2, 0.25) is 0 Å². The van der Waals surface area contributed by atoms with Gasteiger partial charge in [0.2, 0.25) is 0 Å². The van der Waals surface area contributed by atoms with Crippen LogP contribution in [0.5, 0.6) is 0 Å². The highest BCUT2D eigenvalue weighted by atomic mass is 32.2. The van der Waals surface area contributed by atoms with E-state index in [0.29, 0.717) is 51.0 Å². The van der Waals surface area contributed by atoms with E-state index in [-0.39, 0.29) is 23.3 Å². The number of amides is 2. The molecule has 11 heteroatoms. The van der Waals surface area contributed by atoms with E-state index in [1.165, 1.54) is 3.97 Å². The summed E-state index contributed by atoms with van der Waals surface area (Å²) in [7, 11) is -3.81. The van der Waals surface area contributed by atoms with Crippen molar-refractivity contribution in [3.8, 4) is 6.07 Å². The third-order valence-electron chi connectivity index (χ3n) is 9.32. The maximum atomic E-state index is 13.7. The van der Waals surface area contributed by atoms with Crippen LogP contribution >= 0.6 is 0 Å². The van der Waals surface area contributed by atoms with Crippen LogP contribution in [0.3, 0.4) is 0 Å². The molecule has 10 nitrogen and oxygen atoms in total. The fraction of sp³-hybridized carbons (Fsp3) is 0.361. The van der Waals surface area contributed by atoms with Gasteiger partial charge in [0, 0.05) is 44.3 Å². The number of nitrogens with zero attached hydrogens (tertiary/aromatic N) is 4. The SMILES string of the molecule is Cc1ccc(S(=O)(=O)n2cc(CN3CCC(C#N)(N4CC(C)CC(OC(=O)NCc5ccccc5)C4=O)CC3)c3ccccc32)cc1. The van der Waals surface area contributed by atoms with Crippen LogP contribution < -0.4 is 5.32 Å². The van der Waals surface area contributed by atoms with Gasteiger partial charge in [-0.15, -0.1) is 0 Å². The molecule has 244 valence electrons. The maximum absolute atomic E-state index is 13.7. The third kappa shape index (κ3) is 6.62. The number of nitrogens with one attached hydrogen (secondary N) is 1. The number of hydrogen-bond acceptors (Lipinski definition) is 7. The molecule has 0 radical (unpaired) electrons. The Bertz CT molecular complexity index is 1910. The Morgan fingerprint density at radius 2 is 1.70 bits per heavy atom. The fourth-order valence-electron chi connectivity index (χ4n) is 6.67. The molecule has 1 N–H and O–H groups in total. The number of piperidine rings is 2. The van der Waals surface area contributed by atoms with E-state index in [9.17, 15) is 23.3 Å². The zero-order valence-electron chi connectivity index (χ0n) is 26.6. The number of ether oxygens (including phenoxy) is 1. The Kier molecular flexibility index (Phi) is 9.08. The lowest BCUT2D eigenvalue weighted by Crippen LogP contribution is -2.62. The van der Waals surface area contributed by atoms with Crippen molar-refractivity contribution in [3.05, 3.63) is 102 Å². The summed E-state index contributed by atoms with van der Waals surface area (Å²) in [5, 5.41) is 14.0. The Hall–Kier alpha value is -4.66. The largest absolute Gasteiger partial charge is 0.436 e. The first-order chi connectivity index (χ1) is 22.6. The molecule has 2 fully saturated rings. The molecule has 0 saturated carbocycles. The summed E-state index contributed by atoms with van der Waals surface area (Å²) in [5.41, 5.74) is 2.36. The van der Waals surface area contributed by atoms with Crippen molar-refractivity contribution in [2.45, 2.75) is 62.7 Å². The van der Waals surface area contributed by atoms with Crippen molar-refractivity contribution < 1.29 is 22.7 Å². The number of nitriles is 1. The summed E-state index contributed by atoms with van der Waals surface area (Å²) in [4.78, 5) is 30.4. The summed E-state index contributed by atoms with van der Waals surface area (Å²) in [6, 6.07) is 26.2. The molecule has 2 unspecified atom stereocenters. The molecule has 0 aliphatic carbocycles. The maximum Gasteiger partial charge on any atom is 0.408 e. The number of hydrogen-bond donors (Lipinski definition) is 1. The predicted molar refractivity (Wildman–Crippen MR) is 178 cm³/mol. The standard InChI is InChI=1S/C36H39N5O5S/c1-26-12-14-30(15-13-26)47(44,45)41-24-29(31-10-6-7-11-32(31)41)23-39-18-16-36(25-37,17-19-39)40-22-27(2)20-33(34(40)42)46-35(43)38-21-28-8-4-3-5-9-28/h3-15,24,27,33H,16-23H2,1-2H3,(H,38,43). The molecule has 4 aromatic rings. The minimum Gasteiger partial charge on any atom is -0.436 e. The Labute approximate surface area is 275 Å². The molecule has 3 heterocycles. The number of likely N-dealkylation sites (tertiary alicyclic amines) is 2. The van der Waals surface area contributed by atoms with Gasteiger partial charge >= 0.3 is 6.09 Å². The second-order valence-corrected chi connectivity index (χ2v) is 14.5. The number of rotatable bonds is 8. The first-order valence-electron chi connectivity index (χ1n) is 15.9. The van der Waals surface area contributed by atoms with Gasteiger partial charge in [0.15, 0.2) is 6.10 Å². The molecule has 2 aliphatic rings. The first-order valence-corrected chi connectivity index (χ1v) is 17.4. The van der Waals surface area contributed by atoms with Gasteiger partial charge in [0.25, 0.3) is 15.9 Å². The van der Waals surface area contributed by atoms with E-state index < -0.39 is 27.8 Å². The van der Waals surface area contributed by atoms with Crippen LogP contribution in [0.25, 0.3) is 10.9 Å². The van der Waals surface area contributed by atoms with E-state index in [1.54, 1.807) is 35.4 Å². The highest BCUT2D eigenvalue weighted by Crippen LogP contribution is 2.35. The van der Waals surface area contributed by atoms with Gasteiger partial charge in [0.05, 0.1) is 16.5 Å². The molecule has 2 amide bonds. The molecule has 2 saturated heterocycles. The molecular formula is C36H39N5O5S. The van der Waals surface area contributed by atoms with Gasteiger partial charge in [-0.2, -0.15) is 5.26 Å². The summed E-state index contributed by atoms with van der Waals surface area (Å²) in [6.45, 7) is 6.20. The van der Waals surface area contributed by atoms with Crippen LogP contribution in [-0.4, -0.2) is 65.5 Å². The van der Waals surface area contributed by atoms with Crippen molar-refractivity contribution in [2.24, 2.45) is 5.92 Å². The van der Waals surface area contributed by atoms with Crippen LogP contribution in [0.4, 0.5) is 4.79 Å². The number of aryl methyl sites for hydroxylation is 1. The van der Waals surface area contributed by atoms with Gasteiger partial charge in [-0.25, -0.2) is 17.2 Å². The predicted octanol–water partition coefficient (Wildman–Crippen LogP) is 5.21. The van der Waals surface area contributed by atoms with E-state index >= 15 is 0 Å². The molecular weight excluding hydrogens is 614 g/mol. The molecule has 0 bridgehead atoms. The lowest BCUT2D eigenvalue weighted by Gasteiger charge is -2.48. The van der Waals surface area contributed by atoms with Gasteiger partial charge in [-0.1, -0.05) is 73.2 Å². The topological polar surface area (TPSA) is 125 Å². The van der Waals surface area contributed by atoms with Crippen LogP contribution in [0, 0.1) is 24.2 Å². The van der Waals surface area contributed by atoms with Gasteiger partial charge in [0.1, 0.15) is 5.54 Å². The normalized spacial score (nSPS) is 20.1. The smallest absolute Gasteiger partial charge is 0.408 e. The second kappa shape index (κ2) is 13.2. The number of fused-ring (bicyclic) bond motifs is 1. The van der Waals surface area contributed by atoms with E-state index in [1.807, 2.05) is 68.4 Å². The average Bonchev–Trinajstić information content (AvgIpc) is 3.45. The highest BCUT2D eigenvalue weighted by molar-refractivity contribution is 7.90. The summed E-state index contributed by atoms with van der Waals surface area (Å²) in [5.74, 6) is -0.290. The lowest BCUT2D eigenvalue weighted by molar-refractivity contribution is -0.153. The molecule has 2 aliphatic heterocycles. The molecule has 6 rings (SSSR count). The molecule has 3 aromatic carbocycles. The van der Waals surface area contributed by atoms with Gasteiger partial charge in [-0.3, -0.25) is 9.69 Å². The zero-order chi connectivity index (χ0) is 33.2. The van der Waals surface area contributed by atoms with Crippen molar-refractivity contribution >= 4 is 32.9 Å². The average molecular weight is 654 g/mol. The van der Waals surface area contributed by atoms with Gasteiger partial charge in [-0.05, 0) is 61.4 Å². The fourth-order valence-corrected chi connectivity index (χ4v) is 8.06. The summed E-state index contributed by atoms with van der Waals surface area (Å²) < 4.78 is 34.3. The van der Waals surface area contributed by atoms with Crippen molar-refractivity contribution in [2.75, 3.05) is 19.6 Å². The van der Waals surface area contributed by atoms with Crippen molar-refractivity contribution in [1.29, 1.82) is 5.26 Å². The molecule has 2 atom stereocenters. The minimum absolute atomic E-state index is 0.0458. The van der Waals surface area contributed by atoms with E-state index in [4.69, 9.17) is 4.74 Å². The molecule has 47 heavy (non-hydrogen) atoms. The van der Waals surface area contributed by atoms with Crippen molar-refractivity contribution in [1.82, 2.24) is 19.1 Å². The number of carbonyl (C=O) groups is 2. The molecule has 1 aromatic heterocycles.